The number of ether oxygens (including phenoxy) is 2. The van der Waals surface area contributed by atoms with Gasteiger partial charge in [0.1, 0.15) is 13.2 Å². The highest BCUT2D eigenvalue weighted by Crippen LogP contribution is 2.38. The first-order valence-electron chi connectivity index (χ1n) is 8.60. The van der Waals surface area contributed by atoms with E-state index in [0.29, 0.717) is 42.0 Å². The number of halogens is 1. The maximum Gasteiger partial charge on any atom is 0.272 e. The summed E-state index contributed by atoms with van der Waals surface area (Å²) >= 11 is 6.24. The van der Waals surface area contributed by atoms with Crippen molar-refractivity contribution in [2.75, 3.05) is 13.2 Å². The summed E-state index contributed by atoms with van der Waals surface area (Å²) in [5.41, 5.74) is 2.98. The molecular formula is C20H18ClN3O3. The van der Waals surface area contributed by atoms with Gasteiger partial charge in [-0.3, -0.25) is 4.79 Å². The van der Waals surface area contributed by atoms with Gasteiger partial charge in [-0.1, -0.05) is 29.8 Å². The molecule has 27 heavy (non-hydrogen) atoms. The molecule has 1 N–H and O–H groups in total. The van der Waals surface area contributed by atoms with Crippen LogP contribution in [0.1, 0.15) is 21.7 Å². The topological polar surface area (TPSA) is 65.4 Å². The largest absolute Gasteiger partial charge is 0.486 e. The van der Waals surface area contributed by atoms with Gasteiger partial charge in [-0.25, -0.2) is 4.68 Å². The van der Waals surface area contributed by atoms with Crippen molar-refractivity contribution in [3.8, 4) is 17.2 Å². The Labute approximate surface area is 161 Å². The summed E-state index contributed by atoms with van der Waals surface area (Å²) in [7, 11) is 0. The van der Waals surface area contributed by atoms with Gasteiger partial charge in [0.15, 0.2) is 17.2 Å². The minimum Gasteiger partial charge on any atom is -0.486 e. The third kappa shape index (κ3) is 3.61. The number of rotatable bonds is 4. The van der Waals surface area contributed by atoms with Crippen LogP contribution in [0.25, 0.3) is 5.69 Å². The number of hydrogen-bond acceptors (Lipinski definition) is 4. The number of para-hydroxylation sites is 1. The van der Waals surface area contributed by atoms with Crippen LogP contribution in [0.4, 0.5) is 0 Å². The van der Waals surface area contributed by atoms with Gasteiger partial charge in [-0.15, -0.1) is 0 Å². The second-order valence-electron chi connectivity index (χ2n) is 6.20. The van der Waals surface area contributed by atoms with Crippen LogP contribution in [-0.2, 0) is 6.54 Å². The molecule has 138 valence electrons. The molecule has 0 saturated heterocycles. The van der Waals surface area contributed by atoms with Gasteiger partial charge in [-0.05, 0) is 42.8 Å². The Morgan fingerprint density at radius 1 is 1.19 bits per heavy atom. The van der Waals surface area contributed by atoms with Crippen molar-refractivity contribution in [2.24, 2.45) is 0 Å². The second-order valence-corrected chi connectivity index (χ2v) is 6.61. The van der Waals surface area contributed by atoms with E-state index >= 15 is 0 Å². The van der Waals surface area contributed by atoms with Crippen LogP contribution in [0, 0.1) is 6.92 Å². The maximum atomic E-state index is 12.5. The molecule has 0 radical (unpaired) electrons. The van der Waals surface area contributed by atoms with Gasteiger partial charge in [0, 0.05) is 12.2 Å². The lowest BCUT2D eigenvalue weighted by Gasteiger charge is -2.20. The van der Waals surface area contributed by atoms with E-state index in [1.165, 1.54) is 0 Å². The number of nitrogens with zero attached hydrogens (tertiary/aromatic N) is 2. The van der Waals surface area contributed by atoms with Crippen LogP contribution >= 0.6 is 11.6 Å². The van der Waals surface area contributed by atoms with E-state index in [1.807, 2.05) is 43.3 Å². The fourth-order valence-corrected chi connectivity index (χ4v) is 3.24. The van der Waals surface area contributed by atoms with E-state index in [-0.39, 0.29) is 5.91 Å². The lowest BCUT2D eigenvalue weighted by molar-refractivity contribution is 0.0945. The van der Waals surface area contributed by atoms with Crippen molar-refractivity contribution in [3.63, 3.8) is 0 Å². The average Bonchev–Trinajstić information content (AvgIpc) is 3.09. The fourth-order valence-electron chi connectivity index (χ4n) is 2.96. The number of carbonyl (C=O) groups is 1. The summed E-state index contributed by atoms with van der Waals surface area (Å²) in [6.07, 6.45) is 0. The van der Waals surface area contributed by atoms with Gasteiger partial charge >= 0.3 is 0 Å². The SMILES string of the molecule is Cc1cc(C(=O)NCc2cc(Cl)c3c(c2)OCCO3)nn1-c1ccccc1. The van der Waals surface area contributed by atoms with Crippen LogP contribution in [0.3, 0.4) is 0 Å². The number of benzene rings is 2. The number of nitrogens with one attached hydrogen (secondary N) is 1. The third-order valence-electron chi connectivity index (χ3n) is 4.23. The molecule has 3 aromatic rings. The highest BCUT2D eigenvalue weighted by atomic mass is 35.5. The van der Waals surface area contributed by atoms with E-state index < -0.39 is 0 Å². The quantitative estimate of drug-likeness (QED) is 0.748. The zero-order valence-electron chi connectivity index (χ0n) is 14.7. The standard InChI is InChI=1S/C20H18ClN3O3/c1-13-9-17(23-24(13)15-5-3-2-4-6-15)20(25)22-12-14-10-16(21)19-18(11-14)26-7-8-27-19/h2-6,9-11H,7-8,12H2,1H3,(H,22,25). The highest BCUT2D eigenvalue weighted by Gasteiger charge is 2.18. The molecule has 0 atom stereocenters. The van der Waals surface area contributed by atoms with Crippen molar-refractivity contribution < 1.29 is 14.3 Å². The lowest BCUT2D eigenvalue weighted by atomic mass is 10.2. The molecule has 1 aliphatic heterocycles. The molecule has 0 bridgehead atoms. The molecule has 0 spiro atoms. The molecule has 1 aromatic heterocycles. The minimum absolute atomic E-state index is 0.251. The van der Waals surface area contributed by atoms with E-state index in [9.17, 15) is 4.79 Å². The van der Waals surface area contributed by atoms with Crippen LogP contribution in [0.15, 0.2) is 48.5 Å². The molecule has 1 aliphatic rings. The Hall–Kier alpha value is -2.99. The van der Waals surface area contributed by atoms with Crippen molar-refractivity contribution in [1.82, 2.24) is 15.1 Å². The van der Waals surface area contributed by atoms with Crippen LogP contribution in [0.5, 0.6) is 11.5 Å². The number of fused-ring (bicyclic) bond motifs is 1. The third-order valence-corrected chi connectivity index (χ3v) is 4.51. The van der Waals surface area contributed by atoms with Gasteiger partial charge in [0.2, 0.25) is 0 Å². The van der Waals surface area contributed by atoms with Crippen molar-refractivity contribution in [1.29, 1.82) is 0 Å². The summed E-state index contributed by atoms with van der Waals surface area (Å²) in [6.45, 7) is 3.19. The maximum absolute atomic E-state index is 12.5. The number of hydrogen-bond donors (Lipinski definition) is 1. The Bertz CT molecular complexity index is 986. The van der Waals surface area contributed by atoms with Crippen molar-refractivity contribution in [2.45, 2.75) is 13.5 Å². The average molecular weight is 384 g/mol. The van der Waals surface area contributed by atoms with E-state index in [0.717, 1.165) is 16.9 Å². The molecule has 6 nitrogen and oxygen atoms in total. The fraction of sp³-hybridized carbons (Fsp3) is 0.200. The van der Waals surface area contributed by atoms with Crippen LogP contribution in [-0.4, -0.2) is 28.9 Å². The number of aryl methyl sites for hydroxylation is 1. The van der Waals surface area contributed by atoms with Crippen LogP contribution in [0.2, 0.25) is 5.02 Å². The summed E-state index contributed by atoms with van der Waals surface area (Å²) in [5.74, 6) is 0.899. The normalized spacial score (nSPS) is 12.7. The first-order chi connectivity index (χ1) is 13.1. The molecule has 1 amide bonds. The van der Waals surface area contributed by atoms with E-state index in [2.05, 4.69) is 10.4 Å². The second kappa shape index (κ2) is 7.32. The number of aromatic nitrogens is 2. The smallest absolute Gasteiger partial charge is 0.272 e. The first kappa shape index (κ1) is 17.4. The molecule has 4 rings (SSSR count). The molecule has 7 heteroatoms. The Morgan fingerprint density at radius 3 is 2.78 bits per heavy atom. The summed E-state index contributed by atoms with van der Waals surface area (Å²) in [5, 5.41) is 7.76. The molecule has 2 aromatic carbocycles. The molecular weight excluding hydrogens is 366 g/mol. The number of amides is 1. The van der Waals surface area contributed by atoms with E-state index in [4.69, 9.17) is 21.1 Å². The van der Waals surface area contributed by atoms with Crippen molar-refractivity contribution >= 4 is 17.5 Å². The predicted molar refractivity (Wildman–Crippen MR) is 102 cm³/mol. The summed E-state index contributed by atoms with van der Waals surface area (Å²) < 4.78 is 12.8. The Morgan fingerprint density at radius 2 is 1.96 bits per heavy atom. The van der Waals surface area contributed by atoms with Gasteiger partial charge < -0.3 is 14.8 Å². The van der Waals surface area contributed by atoms with Gasteiger partial charge in [0.05, 0.1) is 10.7 Å². The first-order valence-corrected chi connectivity index (χ1v) is 8.98. The highest BCUT2D eigenvalue weighted by molar-refractivity contribution is 6.32. The van der Waals surface area contributed by atoms with Crippen molar-refractivity contribution in [3.05, 3.63) is 70.5 Å². The van der Waals surface area contributed by atoms with Crippen LogP contribution < -0.4 is 14.8 Å². The summed E-state index contributed by atoms with van der Waals surface area (Å²) in [6, 6.07) is 15.0. The minimum atomic E-state index is -0.251. The summed E-state index contributed by atoms with van der Waals surface area (Å²) in [4.78, 5) is 12.5. The Kier molecular flexibility index (Phi) is 4.73. The lowest BCUT2D eigenvalue weighted by Crippen LogP contribution is -2.24. The van der Waals surface area contributed by atoms with E-state index in [1.54, 1.807) is 16.8 Å². The molecule has 0 aliphatic carbocycles. The zero-order valence-corrected chi connectivity index (χ0v) is 15.5. The molecule has 2 heterocycles. The predicted octanol–water partition coefficient (Wildman–Crippen LogP) is 3.54. The monoisotopic (exact) mass is 383 g/mol. The Balaban J connectivity index is 1.48. The molecule has 0 fully saturated rings. The zero-order chi connectivity index (χ0) is 18.8. The molecule has 0 unspecified atom stereocenters. The van der Waals surface area contributed by atoms with Gasteiger partial charge in [-0.2, -0.15) is 5.10 Å². The number of carbonyl (C=O) groups excluding carboxylic acids is 1. The molecule has 0 saturated carbocycles. The van der Waals surface area contributed by atoms with Gasteiger partial charge in [0.25, 0.3) is 5.91 Å².